The third kappa shape index (κ3) is 4.69. The van der Waals surface area contributed by atoms with Crippen molar-refractivity contribution in [1.29, 1.82) is 0 Å². The summed E-state index contributed by atoms with van der Waals surface area (Å²) in [6, 6.07) is 5.03. The van der Waals surface area contributed by atoms with Crippen LogP contribution in [-0.2, 0) is 6.54 Å². The largest absolute Gasteiger partial charge is 0.312 e. The van der Waals surface area contributed by atoms with Crippen molar-refractivity contribution in [2.24, 2.45) is 0 Å². The van der Waals surface area contributed by atoms with Gasteiger partial charge in [-0.05, 0) is 21.5 Å². The van der Waals surface area contributed by atoms with E-state index in [1.807, 2.05) is 6.07 Å². The second kappa shape index (κ2) is 8.14. The van der Waals surface area contributed by atoms with E-state index in [0.717, 1.165) is 17.9 Å². The lowest BCUT2D eigenvalue weighted by molar-refractivity contribution is -0.385. The molecule has 18 heavy (non-hydrogen) atoms. The Morgan fingerprint density at radius 2 is 2.33 bits per heavy atom. The molecular weight excluding hydrogens is 316 g/mol. The minimum absolute atomic E-state index is 0.0935. The van der Waals surface area contributed by atoms with Gasteiger partial charge in [-0.2, -0.15) is 0 Å². The lowest BCUT2D eigenvalue weighted by Crippen LogP contribution is -2.17. The van der Waals surface area contributed by atoms with Crippen molar-refractivity contribution in [3.05, 3.63) is 38.3 Å². The minimum atomic E-state index is -0.393. The fraction of sp³-hybridized carbons (Fsp3) is 0.333. The van der Waals surface area contributed by atoms with Crippen LogP contribution < -0.4 is 5.32 Å². The highest BCUT2D eigenvalue weighted by Gasteiger charge is 2.13. The van der Waals surface area contributed by atoms with Crippen LogP contribution in [0, 0.1) is 22.5 Å². The Morgan fingerprint density at radius 1 is 1.56 bits per heavy atom. The first-order valence-electron chi connectivity index (χ1n) is 5.30. The highest BCUT2D eigenvalue weighted by atomic mass is 79.9. The second-order valence-electron chi connectivity index (χ2n) is 3.44. The van der Waals surface area contributed by atoms with Crippen molar-refractivity contribution in [1.82, 2.24) is 5.32 Å². The molecule has 0 unspecified atom stereocenters. The fourth-order valence-corrected chi connectivity index (χ4v) is 2.44. The van der Waals surface area contributed by atoms with Gasteiger partial charge in [0.25, 0.3) is 5.69 Å². The van der Waals surface area contributed by atoms with E-state index >= 15 is 0 Å². The van der Waals surface area contributed by atoms with Gasteiger partial charge in [-0.15, -0.1) is 18.2 Å². The zero-order valence-corrected chi connectivity index (χ0v) is 12.1. The average molecular weight is 329 g/mol. The first-order chi connectivity index (χ1) is 8.66. The standard InChI is InChI=1S/C12H13BrN2O2S/c1-2-7-18-8-6-14-9-10-4-3-5-11(12(10)13)15(16)17/h1,3-5,14H,6-9H2. The predicted molar refractivity (Wildman–Crippen MR) is 78.7 cm³/mol. The van der Waals surface area contributed by atoms with Crippen molar-refractivity contribution in [2.75, 3.05) is 18.1 Å². The molecular formula is C12H13BrN2O2S. The van der Waals surface area contributed by atoms with Gasteiger partial charge < -0.3 is 5.32 Å². The van der Waals surface area contributed by atoms with Crippen LogP contribution in [0.2, 0.25) is 0 Å². The van der Waals surface area contributed by atoms with Gasteiger partial charge in [0.15, 0.2) is 0 Å². The molecule has 0 heterocycles. The highest BCUT2D eigenvalue weighted by Crippen LogP contribution is 2.27. The summed E-state index contributed by atoms with van der Waals surface area (Å²) in [5.41, 5.74) is 0.974. The molecule has 0 aliphatic carbocycles. The highest BCUT2D eigenvalue weighted by molar-refractivity contribution is 9.10. The Kier molecular flexibility index (Phi) is 6.80. The molecule has 0 aliphatic heterocycles. The van der Waals surface area contributed by atoms with E-state index in [-0.39, 0.29) is 5.69 Å². The molecule has 96 valence electrons. The maximum Gasteiger partial charge on any atom is 0.283 e. The summed E-state index contributed by atoms with van der Waals surface area (Å²) in [5, 5.41) is 14.0. The molecule has 1 N–H and O–H groups in total. The van der Waals surface area contributed by atoms with Crippen molar-refractivity contribution < 1.29 is 4.92 Å². The molecule has 1 aromatic rings. The Balaban J connectivity index is 2.46. The Hall–Kier alpha value is -1.03. The van der Waals surface area contributed by atoms with Gasteiger partial charge in [-0.25, -0.2) is 0 Å². The Bertz CT molecular complexity index is 460. The number of hydrogen-bond donors (Lipinski definition) is 1. The SMILES string of the molecule is C#CCSCCNCc1cccc([N+](=O)[O-])c1Br. The van der Waals surface area contributed by atoms with E-state index in [1.54, 1.807) is 17.8 Å². The molecule has 0 amide bonds. The van der Waals surface area contributed by atoms with Gasteiger partial charge in [-0.1, -0.05) is 18.1 Å². The molecule has 0 spiro atoms. The number of thioether (sulfide) groups is 1. The number of terminal acetylenes is 1. The Morgan fingerprint density at radius 3 is 3.00 bits per heavy atom. The van der Waals surface area contributed by atoms with Crippen LogP contribution in [0.25, 0.3) is 0 Å². The number of nitrogens with zero attached hydrogens (tertiary/aromatic N) is 1. The quantitative estimate of drug-likeness (QED) is 0.362. The summed E-state index contributed by atoms with van der Waals surface area (Å²) in [5.74, 6) is 4.20. The fourth-order valence-electron chi connectivity index (χ4n) is 1.34. The van der Waals surface area contributed by atoms with Gasteiger partial charge in [0.2, 0.25) is 0 Å². The Labute approximate surface area is 119 Å². The summed E-state index contributed by atoms with van der Waals surface area (Å²) >= 11 is 4.94. The normalized spacial score (nSPS) is 10.0. The first-order valence-corrected chi connectivity index (χ1v) is 7.25. The molecule has 4 nitrogen and oxygen atoms in total. The van der Waals surface area contributed by atoms with E-state index in [1.165, 1.54) is 6.07 Å². The molecule has 0 saturated heterocycles. The molecule has 0 atom stereocenters. The molecule has 0 radical (unpaired) electrons. The van der Waals surface area contributed by atoms with E-state index in [4.69, 9.17) is 6.42 Å². The number of hydrogen-bond acceptors (Lipinski definition) is 4. The lowest BCUT2D eigenvalue weighted by Gasteiger charge is -2.06. The molecule has 0 saturated carbocycles. The number of nitro benzene ring substituents is 1. The minimum Gasteiger partial charge on any atom is -0.312 e. The molecule has 0 bridgehead atoms. The average Bonchev–Trinajstić information content (AvgIpc) is 2.35. The maximum absolute atomic E-state index is 10.8. The van der Waals surface area contributed by atoms with Crippen molar-refractivity contribution in [3.8, 4) is 12.3 Å². The van der Waals surface area contributed by atoms with Crippen LogP contribution in [0.15, 0.2) is 22.7 Å². The lowest BCUT2D eigenvalue weighted by atomic mass is 10.2. The van der Waals surface area contributed by atoms with Crippen LogP contribution >= 0.6 is 27.7 Å². The van der Waals surface area contributed by atoms with Gasteiger partial charge >= 0.3 is 0 Å². The van der Waals surface area contributed by atoms with Crippen LogP contribution in [0.1, 0.15) is 5.56 Å². The van der Waals surface area contributed by atoms with E-state index < -0.39 is 4.92 Å². The van der Waals surface area contributed by atoms with Crippen molar-refractivity contribution in [2.45, 2.75) is 6.54 Å². The van der Waals surface area contributed by atoms with Gasteiger partial charge in [-0.3, -0.25) is 10.1 Å². The summed E-state index contributed by atoms with van der Waals surface area (Å²) in [6.45, 7) is 1.42. The predicted octanol–water partition coefficient (Wildman–Crippen LogP) is 2.81. The number of halogens is 1. The molecule has 0 fully saturated rings. The number of nitrogens with one attached hydrogen (secondary N) is 1. The van der Waals surface area contributed by atoms with Crippen LogP contribution in [0.3, 0.4) is 0 Å². The topological polar surface area (TPSA) is 55.2 Å². The molecule has 0 aliphatic rings. The summed E-state index contributed by atoms with van der Waals surface area (Å²) in [6.07, 6.45) is 5.14. The number of nitro groups is 1. The van der Waals surface area contributed by atoms with Crippen LogP contribution in [-0.4, -0.2) is 23.0 Å². The summed E-state index contributed by atoms with van der Waals surface area (Å²) in [7, 11) is 0. The number of benzene rings is 1. The van der Waals surface area contributed by atoms with E-state index in [9.17, 15) is 10.1 Å². The summed E-state index contributed by atoms with van der Waals surface area (Å²) in [4.78, 5) is 10.4. The van der Waals surface area contributed by atoms with Gasteiger partial charge in [0, 0.05) is 24.9 Å². The zero-order chi connectivity index (χ0) is 13.4. The third-order valence-corrected chi connectivity index (χ3v) is 3.96. The maximum atomic E-state index is 10.8. The molecule has 6 heteroatoms. The second-order valence-corrected chi connectivity index (χ2v) is 5.34. The summed E-state index contributed by atoms with van der Waals surface area (Å²) < 4.78 is 0.541. The van der Waals surface area contributed by atoms with E-state index in [2.05, 4.69) is 27.2 Å². The van der Waals surface area contributed by atoms with Gasteiger partial charge in [0.1, 0.15) is 0 Å². The zero-order valence-electron chi connectivity index (χ0n) is 9.69. The first kappa shape index (κ1) is 15.0. The van der Waals surface area contributed by atoms with E-state index in [0.29, 0.717) is 16.8 Å². The van der Waals surface area contributed by atoms with Crippen molar-refractivity contribution >= 4 is 33.4 Å². The molecule has 1 aromatic carbocycles. The monoisotopic (exact) mass is 328 g/mol. The van der Waals surface area contributed by atoms with Crippen LogP contribution in [0.5, 0.6) is 0 Å². The smallest absolute Gasteiger partial charge is 0.283 e. The molecule has 1 rings (SSSR count). The van der Waals surface area contributed by atoms with Gasteiger partial charge in [0.05, 0.1) is 15.1 Å². The third-order valence-electron chi connectivity index (χ3n) is 2.18. The number of rotatable bonds is 7. The van der Waals surface area contributed by atoms with Crippen molar-refractivity contribution in [3.63, 3.8) is 0 Å². The van der Waals surface area contributed by atoms with Crippen LogP contribution in [0.4, 0.5) is 5.69 Å². The molecule has 0 aromatic heterocycles.